The zero-order valence-electron chi connectivity index (χ0n) is 9.66. The fraction of sp³-hybridized carbons (Fsp3) is 0.500. The minimum absolute atomic E-state index is 0.0596. The van der Waals surface area contributed by atoms with Crippen LogP contribution < -0.4 is 0 Å². The molecule has 0 N–H and O–H groups in total. The molecule has 1 rings (SSSR count). The smallest absolute Gasteiger partial charge is 0.163 e. The van der Waals surface area contributed by atoms with E-state index < -0.39 is 0 Å². The Balaban J connectivity index is 2.68. The standard InChI is InChI=1S/C12H18N2O/c1-5-10(4)14-7-6-11(13-14)8-12(15)9(2)3/h6-7,10H,2,5,8H2,1,3-4H3. The second kappa shape index (κ2) is 4.91. The van der Waals surface area contributed by atoms with Gasteiger partial charge in [-0.25, -0.2) is 0 Å². The van der Waals surface area contributed by atoms with Gasteiger partial charge in [-0.3, -0.25) is 9.48 Å². The van der Waals surface area contributed by atoms with Crippen molar-refractivity contribution in [3.05, 3.63) is 30.1 Å². The quantitative estimate of drug-likeness (QED) is 0.694. The van der Waals surface area contributed by atoms with Gasteiger partial charge in [-0.2, -0.15) is 5.10 Å². The SMILES string of the molecule is C=C(C)C(=O)Cc1ccn(C(C)CC)n1. The van der Waals surface area contributed by atoms with Gasteiger partial charge in [0.2, 0.25) is 0 Å². The summed E-state index contributed by atoms with van der Waals surface area (Å²) in [5.41, 5.74) is 1.41. The molecule has 0 fully saturated rings. The van der Waals surface area contributed by atoms with Gasteiger partial charge in [0.15, 0.2) is 5.78 Å². The van der Waals surface area contributed by atoms with Crippen LogP contribution in [0.5, 0.6) is 0 Å². The number of nitrogens with zero attached hydrogens (tertiary/aromatic N) is 2. The Bertz CT molecular complexity index is 365. The first kappa shape index (κ1) is 11.7. The van der Waals surface area contributed by atoms with Crippen molar-refractivity contribution < 1.29 is 4.79 Å². The number of allylic oxidation sites excluding steroid dienone is 1. The molecular formula is C12H18N2O. The Hall–Kier alpha value is -1.38. The molecule has 3 heteroatoms. The lowest BCUT2D eigenvalue weighted by atomic mass is 10.1. The van der Waals surface area contributed by atoms with E-state index in [1.807, 2.05) is 16.9 Å². The number of rotatable bonds is 5. The Morgan fingerprint density at radius 2 is 2.33 bits per heavy atom. The molecule has 1 aromatic heterocycles. The van der Waals surface area contributed by atoms with E-state index >= 15 is 0 Å². The van der Waals surface area contributed by atoms with Crippen molar-refractivity contribution >= 4 is 5.78 Å². The summed E-state index contributed by atoms with van der Waals surface area (Å²) < 4.78 is 1.90. The minimum Gasteiger partial charge on any atom is -0.294 e. The predicted octanol–water partition coefficient (Wildman–Crippen LogP) is 2.54. The van der Waals surface area contributed by atoms with Crippen LogP contribution >= 0.6 is 0 Å². The monoisotopic (exact) mass is 206 g/mol. The van der Waals surface area contributed by atoms with E-state index in [0.29, 0.717) is 18.0 Å². The minimum atomic E-state index is 0.0596. The van der Waals surface area contributed by atoms with Crippen molar-refractivity contribution in [2.45, 2.75) is 39.7 Å². The Kier molecular flexibility index (Phi) is 3.83. The maximum absolute atomic E-state index is 11.4. The summed E-state index contributed by atoms with van der Waals surface area (Å²) in [5, 5.41) is 4.36. The fourth-order valence-electron chi connectivity index (χ4n) is 1.22. The second-order valence-corrected chi connectivity index (χ2v) is 3.92. The van der Waals surface area contributed by atoms with Gasteiger partial charge in [0.1, 0.15) is 0 Å². The second-order valence-electron chi connectivity index (χ2n) is 3.92. The molecule has 0 aliphatic rings. The average molecular weight is 206 g/mol. The Morgan fingerprint density at radius 1 is 1.67 bits per heavy atom. The lowest BCUT2D eigenvalue weighted by molar-refractivity contribution is -0.114. The number of Topliss-reactive ketones (excluding diaryl/α,β-unsaturated/α-hetero) is 1. The van der Waals surface area contributed by atoms with Gasteiger partial charge in [-0.1, -0.05) is 13.5 Å². The highest BCUT2D eigenvalue weighted by Crippen LogP contribution is 2.10. The first-order chi connectivity index (χ1) is 7.04. The summed E-state index contributed by atoms with van der Waals surface area (Å²) in [6, 6.07) is 2.28. The Labute approximate surface area is 90.8 Å². The molecule has 0 amide bonds. The van der Waals surface area contributed by atoms with E-state index in [1.54, 1.807) is 6.92 Å². The number of carbonyl (C=O) groups excluding carboxylic acids is 1. The molecule has 82 valence electrons. The molecule has 15 heavy (non-hydrogen) atoms. The lowest BCUT2D eigenvalue weighted by Crippen LogP contribution is -2.07. The summed E-state index contributed by atoms with van der Waals surface area (Å²) in [5.74, 6) is 0.0596. The van der Waals surface area contributed by atoms with E-state index in [1.165, 1.54) is 0 Å². The molecule has 0 saturated heterocycles. The summed E-state index contributed by atoms with van der Waals surface area (Å²) in [4.78, 5) is 11.4. The van der Waals surface area contributed by atoms with Crippen molar-refractivity contribution in [3.63, 3.8) is 0 Å². The van der Waals surface area contributed by atoms with E-state index in [4.69, 9.17) is 0 Å². The molecular weight excluding hydrogens is 188 g/mol. The molecule has 0 aliphatic carbocycles. The molecule has 0 bridgehead atoms. The van der Waals surface area contributed by atoms with Gasteiger partial charge >= 0.3 is 0 Å². The lowest BCUT2D eigenvalue weighted by Gasteiger charge is -2.07. The molecule has 1 heterocycles. The average Bonchev–Trinajstić information content (AvgIpc) is 2.65. The number of hydrogen-bond donors (Lipinski definition) is 0. The molecule has 1 atom stereocenters. The topological polar surface area (TPSA) is 34.9 Å². The molecule has 0 radical (unpaired) electrons. The van der Waals surface area contributed by atoms with E-state index in [2.05, 4.69) is 25.5 Å². The molecule has 1 unspecified atom stereocenters. The molecule has 0 aromatic carbocycles. The highest BCUT2D eigenvalue weighted by molar-refractivity contribution is 5.95. The zero-order valence-corrected chi connectivity index (χ0v) is 9.66. The van der Waals surface area contributed by atoms with Crippen LogP contribution in [0.4, 0.5) is 0 Å². The first-order valence-electron chi connectivity index (χ1n) is 5.27. The highest BCUT2D eigenvalue weighted by atomic mass is 16.1. The summed E-state index contributed by atoms with van der Waals surface area (Å²) >= 11 is 0. The largest absolute Gasteiger partial charge is 0.294 e. The van der Waals surface area contributed by atoms with Crippen LogP contribution in [0.1, 0.15) is 38.9 Å². The molecule has 1 aromatic rings. The van der Waals surface area contributed by atoms with E-state index in [0.717, 1.165) is 12.1 Å². The predicted molar refractivity (Wildman–Crippen MR) is 60.8 cm³/mol. The zero-order chi connectivity index (χ0) is 11.4. The highest BCUT2D eigenvalue weighted by Gasteiger charge is 2.08. The summed E-state index contributed by atoms with van der Waals surface area (Å²) in [6.45, 7) is 9.58. The van der Waals surface area contributed by atoms with Gasteiger partial charge in [-0.15, -0.1) is 0 Å². The van der Waals surface area contributed by atoms with Crippen molar-refractivity contribution in [1.29, 1.82) is 0 Å². The third kappa shape index (κ3) is 3.05. The summed E-state index contributed by atoms with van der Waals surface area (Å²) in [7, 11) is 0. The van der Waals surface area contributed by atoms with Gasteiger partial charge in [-0.05, 0) is 31.9 Å². The van der Waals surface area contributed by atoms with Crippen LogP contribution in [0.25, 0.3) is 0 Å². The Morgan fingerprint density at radius 3 is 2.87 bits per heavy atom. The van der Waals surface area contributed by atoms with Crippen LogP contribution in [0.15, 0.2) is 24.4 Å². The van der Waals surface area contributed by atoms with Crippen molar-refractivity contribution in [2.75, 3.05) is 0 Å². The summed E-state index contributed by atoms with van der Waals surface area (Å²) in [6.07, 6.45) is 3.32. The molecule has 0 spiro atoms. The van der Waals surface area contributed by atoms with Crippen LogP contribution in [0.2, 0.25) is 0 Å². The van der Waals surface area contributed by atoms with Crippen molar-refractivity contribution in [2.24, 2.45) is 0 Å². The van der Waals surface area contributed by atoms with Crippen LogP contribution in [0, 0.1) is 0 Å². The van der Waals surface area contributed by atoms with Crippen LogP contribution in [-0.2, 0) is 11.2 Å². The fourth-order valence-corrected chi connectivity index (χ4v) is 1.22. The number of hydrogen-bond acceptors (Lipinski definition) is 2. The first-order valence-corrected chi connectivity index (χ1v) is 5.27. The number of carbonyl (C=O) groups is 1. The normalized spacial score (nSPS) is 12.5. The van der Waals surface area contributed by atoms with Crippen LogP contribution in [-0.4, -0.2) is 15.6 Å². The maximum Gasteiger partial charge on any atom is 0.163 e. The van der Waals surface area contributed by atoms with Gasteiger partial charge < -0.3 is 0 Å². The maximum atomic E-state index is 11.4. The molecule has 0 saturated carbocycles. The van der Waals surface area contributed by atoms with E-state index in [-0.39, 0.29) is 5.78 Å². The number of ketones is 1. The van der Waals surface area contributed by atoms with E-state index in [9.17, 15) is 4.79 Å². The number of aromatic nitrogens is 2. The van der Waals surface area contributed by atoms with Crippen molar-refractivity contribution in [1.82, 2.24) is 9.78 Å². The van der Waals surface area contributed by atoms with Crippen LogP contribution in [0.3, 0.4) is 0 Å². The van der Waals surface area contributed by atoms with Gasteiger partial charge in [0, 0.05) is 12.2 Å². The molecule has 3 nitrogen and oxygen atoms in total. The van der Waals surface area contributed by atoms with Gasteiger partial charge in [0.25, 0.3) is 0 Å². The third-order valence-corrected chi connectivity index (χ3v) is 2.52. The molecule has 0 aliphatic heterocycles. The van der Waals surface area contributed by atoms with Gasteiger partial charge in [0.05, 0.1) is 12.1 Å². The third-order valence-electron chi connectivity index (χ3n) is 2.52. The van der Waals surface area contributed by atoms with Crippen molar-refractivity contribution in [3.8, 4) is 0 Å².